The minimum absolute atomic E-state index is 0.105. The standard InChI is InChI=1S/C18H16FN5O3/c1-2-14-20-15(27-22-14)9-23-6-7-24-17(18(23)26)13(10-25)16(21-24)11-4-3-5-12(19)8-11/h3-8,25H,2,9-10H2,1H3. The summed E-state index contributed by atoms with van der Waals surface area (Å²) in [6, 6.07) is 5.85. The lowest BCUT2D eigenvalue weighted by Crippen LogP contribution is -2.22. The SMILES string of the molecule is CCc1noc(Cn2ccn3nc(-c4cccc(F)c4)c(CO)c3c2=O)n1. The van der Waals surface area contributed by atoms with Crippen molar-refractivity contribution in [2.24, 2.45) is 0 Å². The number of aryl methyl sites for hydroxylation is 1. The Labute approximate surface area is 152 Å². The Kier molecular flexibility index (Phi) is 4.28. The molecule has 0 aliphatic carbocycles. The normalized spacial score (nSPS) is 11.4. The highest BCUT2D eigenvalue weighted by molar-refractivity contribution is 5.72. The molecule has 0 aliphatic heterocycles. The Morgan fingerprint density at radius 2 is 2.15 bits per heavy atom. The van der Waals surface area contributed by atoms with E-state index in [1.807, 2.05) is 6.92 Å². The monoisotopic (exact) mass is 369 g/mol. The van der Waals surface area contributed by atoms with Gasteiger partial charge in [-0.05, 0) is 12.1 Å². The molecule has 0 spiro atoms. The van der Waals surface area contributed by atoms with Crippen molar-refractivity contribution in [2.45, 2.75) is 26.5 Å². The summed E-state index contributed by atoms with van der Waals surface area (Å²) in [5, 5.41) is 18.0. The second-order valence-corrected chi connectivity index (χ2v) is 5.98. The molecule has 0 fully saturated rings. The molecule has 4 rings (SSSR count). The third kappa shape index (κ3) is 3.02. The molecule has 8 nitrogen and oxygen atoms in total. The molecule has 0 aliphatic rings. The lowest BCUT2D eigenvalue weighted by Gasteiger charge is -2.03. The maximum Gasteiger partial charge on any atom is 0.277 e. The van der Waals surface area contributed by atoms with Gasteiger partial charge in [-0.3, -0.25) is 4.79 Å². The number of aromatic nitrogens is 5. The molecule has 0 unspecified atom stereocenters. The van der Waals surface area contributed by atoms with Crippen molar-refractivity contribution in [3.05, 3.63) is 70.1 Å². The largest absolute Gasteiger partial charge is 0.392 e. The van der Waals surface area contributed by atoms with E-state index in [2.05, 4.69) is 15.2 Å². The lowest BCUT2D eigenvalue weighted by molar-refractivity contribution is 0.283. The molecule has 3 aromatic heterocycles. The number of hydrogen-bond donors (Lipinski definition) is 1. The first-order chi connectivity index (χ1) is 13.1. The van der Waals surface area contributed by atoms with Gasteiger partial charge < -0.3 is 14.2 Å². The van der Waals surface area contributed by atoms with Gasteiger partial charge in [-0.25, -0.2) is 8.91 Å². The van der Waals surface area contributed by atoms with Gasteiger partial charge in [0.1, 0.15) is 17.9 Å². The summed E-state index contributed by atoms with van der Waals surface area (Å²) in [7, 11) is 0. The predicted octanol–water partition coefficient (Wildman–Crippen LogP) is 1.79. The molecule has 1 aromatic carbocycles. The molecular weight excluding hydrogens is 353 g/mol. The van der Waals surface area contributed by atoms with Crippen LogP contribution in [-0.4, -0.2) is 29.4 Å². The molecule has 0 radical (unpaired) electrons. The van der Waals surface area contributed by atoms with Crippen LogP contribution >= 0.6 is 0 Å². The number of aliphatic hydroxyl groups is 1. The van der Waals surface area contributed by atoms with Crippen molar-refractivity contribution in [3.8, 4) is 11.3 Å². The lowest BCUT2D eigenvalue weighted by atomic mass is 10.1. The van der Waals surface area contributed by atoms with Crippen LogP contribution in [-0.2, 0) is 19.6 Å². The Hall–Kier alpha value is -3.33. The van der Waals surface area contributed by atoms with E-state index in [0.29, 0.717) is 35.0 Å². The fraction of sp³-hybridized carbons (Fsp3) is 0.222. The zero-order chi connectivity index (χ0) is 19.0. The zero-order valence-electron chi connectivity index (χ0n) is 14.5. The van der Waals surface area contributed by atoms with Crippen LogP contribution in [0.2, 0.25) is 0 Å². The number of aliphatic hydroxyl groups excluding tert-OH is 1. The Morgan fingerprint density at radius 1 is 1.30 bits per heavy atom. The number of halogens is 1. The van der Waals surface area contributed by atoms with Gasteiger partial charge in [0.2, 0.25) is 5.89 Å². The highest BCUT2D eigenvalue weighted by atomic mass is 19.1. The van der Waals surface area contributed by atoms with Crippen LogP contribution < -0.4 is 5.56 Å². The van der Waals surface area contributed by atoms with Crippen LogP contribution in [0.4, 0.5) is 4.39 Å². The Bertz CT molecular complexity index is 1180. The van der Waals surface area contributed by atoms with Gasteiger partial charge in [0.05, 0.1) is 12.3 Å². The number of nitrogens with zero attached hydrogens (tertiary/aromatic N) is 5. The van der Waals surface area contributed by atoms with E-state index in [9.17, 15) is 14.3 Å². The van der Waals surface area contributed by atoms with Gasteiger partial charge >= 0.3 is 0 Å². The van der Waals surface area contributed by atoms with Crippen LogP contribution in [0.15, 0.2) is 46.0 Å². The predicted molar refractivity (Wildman–Crippen MR) is 93.5 cm³/mol. The van der Waals surface area contributed by atoms with Crippen LogP contribution in [0.25, 0.3) is 16.8 Å². The van der Waals surface area contributed by atoms with Gasteiger partial charge in [-0.1, -0.05) is 24.2 Å². The van der Waals surface area contributed by atoms with Crippen molar-refractivity contribution in [3.63, 3.8) is 0 Å². The minimum atomic E-state index is -0.422. The highest BCUT2D eigenvalue weighted by Crippen LogP contribution is 2.25. The maximum atomic E-state index is 13.6. The summed E-state index contributed by atoms with van der Waals surface area (Å²) >= 11 is 0. The van der Waals surface area contributed by atoms with E-state index in [1.165, 1.54) is 21.2 Å². The molecule has 138 valence electrons. The second-order valence-electron chi connectivity index (χ2n) is 5.98. The number of benzene rings is 1. The highest BCUT2D eigenvalue weighted by Gasteiger charge is 2.18. The summed E-state index contributed by atoms with van der Waals surface area (Å²) in [5.74, 6) is 0.454. The molecule has 0 saturated heterocycles. The van der Waals surface area contributed by atoms with E-state index < -0.39 is 12.4 Å². The fourth-order valence-corrected chi connectivity index (χ4v) is 2.94. The summed E-state index contributed by atoms with van der Waals surface area (Å²) in [4.78, 5) is 17.1. The Morgan fingerprint density at radius 3 is 2.85 bits per heavy atom. The smallest absolute Gasteiger partial charge is 0.277 e. The van der Waals surface area contributed by atoms with Crippen molar-refractivity contribution in [1.82, 2.24) is 24.3 Å². The van der Waals surface area contributed by atoms with Crippen molar-refractivity contribution in [2.75, 3.05) is 0 Å². The molecule has 27 heavy (non-hydrogen) atoms. The van der Waals surface area contributed by atoms with Crippen molar-refractivity contribution >= 4 is 5.52 Å². The number of rotatable bonds is 5. The first kappa shape index (κ1) is 17.1. The topological polar surface area (TPSA) is 98.5 Å². The van der Waals surface area contributed by atoms with Crippen LogP contribution in [0.3, 0.4) is 0 Å². The van der Waals surface area contributed by atoms with E-state index in [4.69, 9.17) is 4.52 Å². The van der Waals surface area contributed by atoms with E-state index >= 15 is 0 Å². The maximum absolute atomic E-state index is 13.6. The molecule has 0 amide bonds. The van der Waals surface area contributed by atoms with Crippen molar-refractivity contribution in [1.29, 1.82) is 0 Å². The Balaban J connectivity index is 1.83. The van der Waals surface area contributed by atoms with Gasteiger partial charge in [-0.2, -0.15) is 10.1 Å². The molecule has 0 atom stereocenters. The van der Waals surface area contributed by atoms with Crippen LogP contribution in [0.5, 0.6) is 0 Å². The summed E-state index contributed by atoms with van der Waals surface area (Å²) < 4.78 is 21.5. The molecule has 4 aromatic rings. The summed E-state index contributed by atoms with van der Waals surface area (Å²) in [5.41, 5.74) is 1.03. The minimum Gasteiger partial charge on any atom is -0.392 e. The zero-order valence-corrected chi connectivity index (χ0v) is 14.5. The molecular formula is C18H16FN5O3. The van der Waals surface area contributed by atoms with Crippen LogP contribution in [0.1, 0.15) is 24.2 Å². The van der Waals surface area contributed by atoms with Crippen LogP contribution in [0, 0.1) is 5.82 Å². The average Bonchev–Trinajstić information content (AvgIpc) is 3.28. The van der Waals surface area contributed by atoms with Gasteiger partial charge in [0.25, 0.3) is 5.56 Å². The first-order valence-electron chi connectivity index (χ1n) is 8.39. The van der Waals surface area contributed by atoms with E-state index in [1.54, 1.807) is 24.5 Å². The quantitative estimate of drug-likeness (QED) is 0.576. The first-order valence-corrected chi connectivity index (χ1v) is 8.39. The average molecular weight is 369 g/mol. The fourth-order valence-electron chi connectivity index (χ4n) is 2.94. The third-order valence-corrected chi connectivity index (χ3v) is 4.25. The number of fused-ring (bicyclic) bond motifs is 1. The van der Waals surface area contributed by atoms with Crippen molar-refractivity contribution < 1.29 is 14.0 Å². The van der Waals surface area contributed by atoms with Gasteiger partial charge in [0.15, 0.2) is 5.82 Å². The molecule has 0 saturated carbocycles. The molecule has 9 heteroatoms. The molecule has 0 bridgehead atoms. The third-order valence-electron chi connectivity index (χ3n) is 4.25. The molecule has 3 heterocycles. The summed E-state index contributed by atoms with van der Waals surface area (Å²) in [6.45, 7) is 1.60. The van der Waals surface area contributed by atoms with Gasteiger partial charge in [0, 0.05) is 29.9 Å². The second kappa shape index (κ2) is 6.76. The summed E-state index contributed by atoms with van der Waals surface area (Å²) in [6.07, 6.45) is 3.77. The van der Waals surface area contributed by atoms with E-state index in [-0.39, 0.29) is 17.6 Å². The van der Waals surface area contributed by atoms with Gasteiger partial charge in [-0.15, -0.1) is 0 Å². The molecule has 1 N–H and O–H groups in total. The number of hydrogen-bond acceptors (Lipinski definition) is 6. The van der Waals surface area contributed by atoms with E-state index in [0.717, 1.165) is 0 Å².